The van der Waals surface area contributed by atoms with Crippen molar-refractivity contribution in [3.05, 3.63) is 69.2 Å². The van der Waals surface area contributed by atoms with Gasteiger partial charge in [0.15, 0.2) is 11.4 Å². The molecule has 0 radical (unpaired) electrons. The summed E-state index contributed by atoms with van der Waals surface area (Å²) < 4.78 is 14.2. The Kier molecular flexibility index (Phi) is 6.86. The van der Waals surface area contributed by atoms with E-state index in [1.807, 2.05) is 4.90 Å². The SMILES string of the molecule is C[C@H]1C=C2CC[C@@]34C[C@@H]2C2=C5CC[C@@]67C(=C(O)[C@@H]8CC[C@@H]9[C@@H]%10C[C@@H](CN9[C@H]8C)[C@H]8CC[C@H](C[C@@H]3C)C([C@H]54)[NH+]8C%10)OC(=O)[C@]26[C@@H](C1)[C@]71OC(=O)c2c(CCCN)cccc21. The summed E-state index contributed by atoms with van der Waals surface area (Å²) in [5, 5.41) is 13.3. The number of nitrogens with zero attached hydrogens (tertiary/aromatic N) is 1. The van der Waals surface area contributed by atoms with Gasteiger partial charge >= 0.3 is 11.9 Å². The van der Waals surface area contributed by atoms with Crippen LogP contribution in [0.25, 0.3) is 0 Å². The number of fused-ring (bicyclic) bond motifs is 4. The number of aliphatic hydroxyl groups is 1. The summed E-state index contributed by atoms with van der Waals surface area (Å²) in [6.45, 7) is 10.3. The van der Waals surface area contributed by atoms with E-state index in [1.165, 1.54) is 44.2 Å². The monoisotopic (exact) mass is 798 g/mol. The summed E-state index contributed by atoms with van der Waals surface area (Å²) in [7, 11) is 0. The van der Waals surface area contributed by atoms with Crippen molar-refractivity contribution in [2.45, 2.75) is 140 Å². The lowest BCUT2D eigenvalue weighted by molar-refractivity contribution is -0.978. The Hall–Kier alpha value is -2.94. The normalized spacial score (nSPS) is 53.5. The number of nitrogens with one attached hydrogen (secondary N) is 1. The van der Waals surface area contributed by atoms with Crippen molar-refractivity contribution in [2.75, 3.05) is 19.6 Å². The fraction of sp³-hybridized carbons (Fsp3) is 0.725. The standard InChI is InChI=1S/C51H63N3O5/c1-25-18-29-13-15-48-22-35(29)41-34-14-16-49-45(58-47(57)50(41,49)39(19-25)51(49)36-8-4-6-28(7-5-17-52)40(36)46(56)59-51)44(55)33-10-12-37-32-21-31(23-53(37)27(33)3)38-11-9-30(20-26(48)2)43(42(34)48)54(38)24-32/h4,6,8,18,25-27,30-33,35,37-39,42-43,55H,5,7,9-17,19-24,52H2,1-3H3/p+1/t25-,26-,27-,30+,31-,32+,33+,35-,37+,38+,39+,42-,43?,48+,49+,50-,51-/m0/s1. The average molecular weight is 799 g/mol. The number of hydrogen-bond acceptors (Lipinski definition) is 7. The summed E-state index contributed by atoms with van der Waals surface area (Å²) in [6.07, 6.45) is 17.3. The second-order valence-electron chi connectivity index (χ2n) is 22.9. The lowest BCUT2D eigenvalue weighted by Gasteiger charge is -2.75. The van der Waals surface area contributed by atoms with E-state index in [4.69, 9.17) is 15.2 Å². The first-order valence-corrected chi connectivity index (χ1v) is 24.4. The van der Waals surface area contributed by atoms with Gasteiger partial charge in [-0.1, -0.05) is 49.3 Å². The van der Waals surface area contributed by atoms with E-state index in [1.54, 1.807) is 11.1 Å². The zero-order valence-corrected chi connectivity index (χ0v) is 35.4. The number of carbonyl (C=O) groups is 2. The molecule has 3 unspecified atom stereocenters. The van der Waals surface area contributed by atoms with Crippen LogP contribution in [0, 0.1) is 69.5 Å². The first kappa shape index (κ1) is 35.6. The quantitative estimate of drug-likeness (QED) is 0.236. The zero-order valence-electron chi connectivity index (χ0n) is 35.4. The summed E-state index contributed by atoms with van der Waals surface area (Å²) >= 11 is 0. The number of piperidine rings is 4. The Balaban J connectivity index is 1.10. The minimum absolute atomic E-state index is 0.136. The number of quaternary nitrogens is 1. The lowest BCUT2D eigenvalue weighted by Crippen LogP contribution is -3.24. The number of allylic oxidation sites excluding steroid dienone is 2. The molecule has 19 atom stereocenters. The molecule has 0 aromatic heterocycles. The first-order valence-electron chi connectivity index (χ1n) is 24.4. The van der Waals surface area contributed by atoms with E-state index in [0.717, 1.165) is 68.5 Å². The second kappa shape index (κ2) is 11.4. The predicted octanol–water partition coefficient (Wildman–Crippen LogP) is 6.55. The maximum atomic E-state index is 16.0. The van der Waals surface area contributed by atoms with Crippen molar-refractivity contribution >= 4 is 11.9 Å². The van der Waals surface area contributed by atoms with Crippen molar-refractivity contribution in [2.24, 2.45) is 75.2 Å². The molecule has 8 heterocycles. The molecule has 3 saturated carbocycles. The number of carbonyl (C=O) groups excluding carboxylic acids is 2. The van der Waals surface area contributed by atoms with Gasteiger partial charge in [-0.25, -0.2) is 4.79 Å². The highest BCUT2D eigenvalue weighted by molar-refractivity contribution is 6.00. The summed E-state index contributed by atoms with van der Waals surface area (Å²) in [6, 6.07) is 8.32. The minimum atomic E-state index is -1.10. The molecule has 5 saturated heterocycles. The van der Waals surface area contributed by atoms with E-state index in [9.17, 15) is 9.90 Å². The van der Waals surface area contributed by atoms with Crippen molar-refractivity contribution in [1.82, 2.24) is 4.90 Å². The molecule has 15 rings (SSSR count). The van der Waals surface area contributed by atoms with E-state index >= 15 is 4.79 Å². The van der Waals surface area contributed by atoms with Crippen LogP contribution in [-0.4, -0.2) is 65.7 Å². The molecule has 0 amide bonds. The maximum Gasteiger partial charge on any atom is 0.339 e. The number of rotatable bonds is 3. The van der Waals surface area contributed by atoms with Crippen LogP contribution in [0.15, 0.2) is 52.5 Å². The highest BCUT2D eigenvalue weighted by atomic mass is 16.6. The van der Waals surface area contributed by atoms with E-state index < -0.39 is 16.4 Å². The summed E-state index contributed by atoms with van der Waals surface area (Å²) in [5.74, 6) is 3.58. The number of hydrogen-bond donors (Lipinski definition) is 3. The van der Waals surface area contributed by atoms with Gasteiger partial charge < -0.3 is 25.2 Å². The molecule has 59 heavy (non-hydrogen) atoms. The van der Waals surface area contributed by atoms with Gasteiger partial charge in [0.25, 0.3) is 0 Å². The summed E-state index contributed by atoms with van der Waals surface area (Å²) in [4.78, 5) is 35.7. The van der Waals surface area contributed by atoms with Crippen molar-refractivity contribution in [3.63, 3.8) is 0 Å². The smallest absolute Gasteiger partial charge is 0.339 e. The van der Waals surface area contributed by atoms with Crippen LogP contribution in [0.4, 0.5) is 0 Å². The van der Waals surface area contributed by atoms with Gasteiger partial charge in [0, 0.05) is 72.0 Å². The number of nitrogens with two attached hydrogens (primary N) is 1. The van der Waals surface area contributed by atoms with Crippen molar-refractivity contribution in [1.29, 1.82) is 0 Å². The molecule has 8 nitrogen and oxygen atoms in total. The Morgan fingerprint density at radius 2 is 1.88 bits per heavy atom. The molecular formula is C51H64N3O5+. The van der Waals surface area contributed by atoms with Gasteiger partial charge in [0.1, 0.15) is 11.2 Å². The van der Waals surface area contributed by atoms with Crippen LogP contribution in [0.5, 0.6) is 0 Å². The Morgan fingerprint density at radius 3 is 2.75 bits per heavy atom. The fourth-order valence-corrected chi connectivity index (χ4v) is 20.0. The molecule has 8 aliphatic heterocycles. The third-order valence-corrected chi connectivity index (χ3v) is 21.6. The molecule has 8 heteroatoms. The number of benzene rings is 1. The number of aryl methyl sites for hydroxylation is 1. The molecule has 4 spiro atoms. The Labute approximate surface area is 349 Å². The maximum absolute atomic E-state index is 16.0. The van der Waals surface area contributed by atoms with E-state index in [-0.39, 0.29) is 52.8 Å². The lowest BCUT2D eigenvalue weighted by atomic mass is 9.26. The van der Waals surface area contributed by atoms with Crippen LogP contribution >= 0.6 is 0 Å². The Morgan fingerprint density at radius 1 is 1.00 bits per heavy atom. The van der Waals surface area contributed by atoms with Crippen LogP contribution in [0.1, 0.15) is 126 Å². The van der Waals surface area contributed by atoms with Crippen molar-refractivity contribution in [3.8, 4) is 0 Å². The molecule has 12 bridgehead atoms. The van der Waals surface area contributed by atoms with Gasteiger partial charge in [-0.2, -0.15) is 0 Å². The number of aliphatic hydroxyl groups excluding tert-OH is 1. The molecular weight excluding hydrogens is 735 g/mol. The molecule has 312 valence electrons. The second-order valence-corrected chi connectivity index (χ2v) is 22.9. The topological polar surface area (TPSA) is 107 Å². The van der Waals surface area contributed by atoms with Gasteiger partial charge in [0.2, 0.25) is 0 Å². The van der Waals surface area contributed by atoms with Crippen LogP contribution in [0.2, 0.25) is 0 Å². The average Bonchev–Trinajstić information content (AvgIpc) is 3.68. The van der Waals surface area contributed by atoms with Gasteiger partial charge in [-0.15, -0.1) is 0 Å². The zero-order chi connectivity index (χ0) is 39.7. The molecule has 8 fully saturated rings. The fourth-order valence-electron chi connectivity index (χ4n) is 20.0. The highest BCUT2D eigenvalue weighted by Crippen LogP contribution is 2.89. The molecule has 14 aliphatic rings. The molecule has 1 aromatic rings. The van der Waals surface area contributed by atoms with Crippen molar-refractivity contribution < 1.29 is 29.1 Å². The van der Waals surface area contributed by atoms with Crippen LogP contribution in [-0.2, 0) is 26.3 Å². The minimum Gasteiger partial charge on any atom is -0.508 e. The molecule has 4 N–H and O–H groups in total. The van der Waals surface area contributed by atoms with Gasteiger partial charge in [0.05, 0.1) is 29.6 Å². The Bertz CT molecular complexity index is 2240. The first-order chi connectivity index (χ1) is 28.6. The van der Waals surface area contributed by atoms with E-state index in [0.29, 0.717) is 72.5 Å². The molecule has 6 aliphatic carbocycles. The summed E-state index contributed by atoms with van der Waals surface area (Å²) in [5.41, 5.74) is 10.4. The van der Waals surface area contributed by atoms with Crippen LogP contribution < -0.4 is 10.6 Å². The van der Waals surface area contributed by atoms with E-state index in [2.05, 4.69) is 49.9 Å². The largest absolute Gasteiger partial charge is 0.508 e. The number of ether oxygens (including phenoxy) is 2. The predicted molar refractivity (Wildman–Crippen MR) is 221 cm³/mol. The van der Waals surface area contributed by atoms with Crippen LogP contribution in [0.3, 0.4) is 0 Å². The third-order valence-electron chi connectivity index (χ3n) is 21.6. The van der Waals surface area contributed by atoms with Gasteiger partial charge in [-0.05, 0) is 125 Å². The molecule has 1 aromatic carbocycles. The van der Waals surface area contributed by atoms with Gasteiger partial charge in [-0.3, -0.25) is 9.69 Å². The highest BCUT2D eigenvalue weighted by Gasteiger charge is 2.94. The number of esters is 2. The third kappa shape index (κ3) is 3.69.